The first-order valence-corrected chi connectivity index (χ1v) is 3.82. The maximum atomic E-state index is 12.6. The average molecular weight is 202 g/mol. The fourth-order valence-corrected chi connectivity index (χ4v) is 1.35. The van der Waals surface area contributed by atoms with Crippen molar-refractivity contribution < 1.29 is 19.6 Å². The smallest absolute Gasteiger partial charge is 0.368 e. The van der Waals surface area contributed by atoms with Crippen LogP contribution in [0.25, 0.3) is 5.57 Å². The molecule has 0 amide bonds. The van der Waals surface area contributed by atoms with Crippen molar-refractivity contribution in [1.82, 2.24) is 0 Å². The minimum atomic E-state index is -4.76. The van der Waals surface area contributed by atoms with Crippen LogP contribution < -0.4 is 10.6 Å². The molecule has 2 rings (SSSR count). The summed E-state index contributed by atoms with van der Waals surface area (Å²) >= 11 is 0. The van der Waals surface area contributed by atoms with Gasteiger partial charge in [-0.2, -0.15) is 13.2 Å². The van der Waals surface area contributed by atoms with Crippen LogP contribution in [0.15, 0.2) is 29.3 Å². The number of hydrogen-bond acceptors (Lipinski definition) is 2. The first-order chi connectivity index (χ1) is 6.82. The molecule has 1 aromatic carbocycles. The number of halogens is 3. The van der Waals surface area contributed by atoms with Gasteiger partial charge in [-0.1, -0.05) is 18.2 Å². The number of nitrogens with zero attached hydrogens (tertiary/aromatic N) is 1. The molecule has 0 saturated carbocycles. The number of fused-ring (bicyclic) bond motifs is 1. The Kier molecular flexibility index (Phi) is 1.61. The van der Waals surface area contributed by atoms with E-state index in [-0.39, 0.29) is 10.6 Å². The van der Waals surface area contributed by atoms with Crippen molar-refractivity contribution in [3.05, 3.63) is 34.8 Å². The molecule has 14 heavy (non-hydrogen) atoms. The normalized spacial score (nSPS) is 26.9. The molecule has 0 bridgehead atoms. The van der Waals surface area contributed by atoms with Crippen LogP contribution in [0.1, 0.15) is 1.37 Å². The molecule has 1 aliphatic heterocycles. The molecule has 2 nitrogen and oxygen atoms in total. The Labute approximate surface area is 78.4 Å². The van der Waals surface area contributed by atoms with Gasteiger partial charge in [-0.05, 0) is 6.07 Å². The number of hydrogen-bond donors (Lipinski definition) is 1. The van der Waals surface area contributed by atoms with E-state index in [0.717, 1.165) is 0 Å². The Bertz CT molecular complexity index is 521. The van der Waals surface area contributed by atoms with Crippen molar-refractivity contribution in [2.45, 2.75) is 12.4 Å². The Hall–Kier alpha value is -1.36. The molecular weight excluding hydrogens is 195 g/mol. The summed E-state index contributed by atoms with van der Waals surface area (Å²) < 4.78 is 44.8. The van der Waals surface area contributed by atoms with E-state index in [2.05, 4.69) is 4.99 Å². The maximum Gasteiger partial charge on any atom is 0.417 e. The first-order valence-electron chi connectivity index (χ1n) is 4.32. The van der Waals surface area contributed by atoms with Crippen LogP contribution in [-0.2, 0) is 0 Å². The molecule has 5 heteroatoms. The van der Waals surface area contributed by atoms with Crippen LogP contribution >= 0.6 is 0 Å². The Morgan fingerprint density at radius 3 is 2.64 bits per heavy atom. The second-order valence-electron chi connectivity index (χ2n) is 2.83. The molecule has 0 radical (unpaired) electrons. The monoisotopic (exact) mass is 202 g/mol. The summed E-state index contributed by atoms with van der Waals surface area (Å²) in [6.45, 7) is 0. The summed E-state index contributed by atoms with van der Waals surface area (Å²) in [5, 5.41) is 9.01. The summed E-state index contributed by atoms with van der Waals surface area (Å²) in [5.74, 6) is 0. The highest BCUT2D eigenvalue weighted by molar-refractivity contribution is 5.56. The zero-order valence-electron chi connectivity index (χ0n) is 7.84. The lowest BCUT2D eigenvalue weighted by atomic mass is 10.1. The molecule has 74 valence electrons. The third kappa shape index (κ3) is 1.29. The SMILES string of the molecule is [2H]C1(O)N=c2ccccc2=C1C(F)(F)F. The van der Waals surface area contributed by atoms with E-state index < -0.39 is 18.0 Å². The van der Waals surface area contributed by atoms with Gasteiger partial charge in [-0.25, -0.2) is 4.99 Å². The quantitative estimate of drug-likeness (QED) is 0.647. The van der Waals surface area contributed by atoms with Gasteiger partial charge in [0.1, 0.15) is 0 Å². The lowest BCUT2D eigenvalue weighted by Gasteiger charge is -2.10. The summed E-state index contributed by atoms with van der Waals surface area (Å²) in [5.41, 5.74) is -1.33. The topological polar surface area (TPSA) is 32.6 Å². The minimum absolute atomic E-state index is 0.0117. The van der Waals surface area contributed by atoms with Gasteiger partial charge in [0, 0.05) is 5.22 Å². The predicted octanol–water partition coefficient (Wildman–Crippen LogP) is 0.351. The molecule has 0 spiro atoms. The van der Waals surface area contributed by atoms with Crippen molar-refractivity contribution in [3.63, 3.8) is 0 Å². The fourth-order valence-electron chi connectivity index (χ4n) is 1.35. The van der Waals surface area contributed by atoms with E-state index in [1.165, 1.54) is 24.3 Å². The van der Waals surface area contributed by atoms with E-state index in [1.54, 1.807) is 0 Å². The van der Waals surface area contributed by atoms with Crippen molar-refractivity contribution in [1.29, 1.82) is 0 Å². The fraction of sp³-hybridized carbons (Fsp3) is 0.222. The van der Waals surface area contributed by atoms with Crippen LogP contribution in [0.2, 0.25) is 0 Å². The van der Waals surface area contributed by atoms with Crippen LogP contribution in [0.5, 0.6) is 0 Å². The summed E-state index contributed by atoms with van der Waals surface area (Å²) in [4.78, 5) is 3.30. The number of para-hydroxylation sites is 1. The Morgan fingerprint density at radius 1 is 1.36 bits per heavy atom. The van der Waals surface area contributed by atoms with Crippen molar-refractivity contribution in [2.24, 2.45) is 4.99 Å². The second-order valence-corrected chi connectivity index (χ2v) is 2.83. The van der Waals surface area contributed by atoms with E-state index in [1.807, 2.05) is 0 Å². The highest BCUT2D eigenvalue weighted by atomic mass is 19.4. The van der Waals surface area contributed by atoms with Gasteiger partial charge >= 0.3 is 6.18 Å². The zero-order chi connectivity index (χ0) is 11.3. The molecule has 1 aromatic rings. The Morgan fingerprint density at radius 2 is 2.00 bits per heavy atom. The highest BCUT2D eigenvalue weighted by Gasteiger charge is 2.40. The van der Waals surface area contributed by atoms with Crippen molar-refractivity contribution in [2.75, 3.05) is 0 Å². The van der Waals surface area contributed by atoms with Gasteiger partial charge in [-0.3, -0.25) is 0 Å². The second kappa shape index (κ2) is 2.81. The summed E-state index contributed by atoms with van der Waals surface area (Å²) in [7, 11) is 0. The molecule has 1 heterocycles. The van der Waals surface area contributed by atoms with E-state index in [9.17, 15) is 18.3 Å². The van der Waals surface area contributed by atoms with Crippen LogP contribution in [0.3, 0.4) is 0 Å². The first kappa shape index (κ1) is 7.99. The lowest BCUT2D eigenvalue weighted by molar-refractivity contribution is -0.0793. The molecule has 1 aliphatic rings. The largest absolute Gasteiger partial charge is 0.417 e. The minimum Gasteiger partial charge on any atom is -0.368 e. The molecule has 1 unspecified atom stereocenters. The number of alkyl halides is 3. The maximum absolute atomic E-state index is 12.6. The van der Waals surface area contributed by atoms with Gasteiger partial charge in [0.25, 0.3) is 0 Å². The molecule has 0 fully saturated rings. The number of rotatable bonds is 0. The molecule has 1 N–H and O–H groups in total. The van der Waals surface area contributed by atoms with Gasteiger partial charge < -0.3 is 5.11 Å². The molecule has 0 aromatic heterocycles. The van der Waals surface area contributed by atoms with Crippen molar-refractivity contribution in [3.8, 4) is 0 Å². The van der Waals surface area contributed by atoms with Gasteiger partial charge in [0.15, 0.2) is 6.20 Å². The zero-order valence-corrected chi connectivity index (χ0v) is 6.84. The standard InChI is InChI=1S/C9H6F3NO/c10-9(11,12)7-5-3-1-2-4-6(5)13-8(7)14/h1-4,8,14H/i8D. The van der Waals surface area contributed by atoms with E-state index >= 15 is 0 Å². The highest BCUT2D eigenvalue weighted by Crippen LogP contribution is 2.29. The number of aliphatic hydroxyl groups is 1. The molecule has 0 saturated heterocycles. The summed E-state index contributed by atoms with van der Waals surface area (Å²) in [6, 6.07) is 5.42. The predicted molar refractivity (Wildman–Crippen MR) is 42.7 cm³/mol. The van der Waals surface area contributed by atoms with E-state index in [4.69, 9.17) is 1.37 Å². The average Bonchev–Trinajstić information content (AvgIpc) is 2.32. The third-order valence-electron chi connectivity index (χ3n) is 1.91. The Balaban J connectivity index is 2.87. The van der Waals surface area contributed by atoms with Gasteiger partial charge in [0.2, 0.25) is 0 Å². The van der Waals surface area contributed by atoms with Crippen LogP contribution in [0.4, 0.5) is 13.2 Å². The molecular formula is C9H6F3NO. The van der Waals surface area contributed by atoms with E-state index in [0.29, 0.717) is 0 Å². The molecule has 0 aliphatic carbocycles. The van der Waals surface area contributed by atoms with Gasteiger partial charge in [-0.15, -0.1) is 0 Å². The van der Waals surface area contributed by atoms with Crippen LogP contribution in [0, 0.1) is 0 Å². The lowest BCUT2D eigenvalue weighted by Crippen LogP contribution is -2.29. The third-order valence-corrected chi connectivity index (χ3v) is 1.91. The van der Waals surface area contributed by atoms with Gasteiger partial charge in [0.05, 0.1) is 12.3 Å². The van der Waals surface area contributed by atoms with Crippen LogP contribution in [-0.4, -0.2) is 17.5 Å². The summed E-state index contributed by atoms with van der Waals surface area (Å²) in [6.07, 6.45) is -7.69. The number of benzene rings is 1. The van der Waals surface area contributed by atoms with Crippen molar-refractivity contribution >= 4 is 5.57 Å². The molecule has 1 atom stereocenters.